The van der Waals surface area contributed by atoms with Crippen molar-refractivity contribution in [3.05, 3.63) is 54.1 Å². The van der Waals surface area contributed by atoms with Gasteiger partial charge in [-0.2, -0.15) is 4.31 Å². The summed E-state index contributed by atoms with van der Waals surface area (Å²) < 4.78 is 37.7. The van der Waals surface area contributed by atoms with Crippen molar-refractivity contribution in [3.63, 3.8) is 0 Å². The molecule has 0 bridgehead atoms. The first kappa shape index (κ1) is 26.0. The Morgan fingerprint density at radius 2 is 1.86 bits per heavy atom. The predicted octanol–water partition coefficient (Wildman–Crippen LogP) is 2.55. The Morgan fingerprint density at radius 3 is 2.58 bits per heavy atom. The van der Waals surface area contributed by atoms with E-state index < -0.39 is 15.9 Å². The van der Waals surface area contributed by atoms with Gasteiger partial charge in [0.15, 0.2) is 4.34 Å². The van der Waals surface area contributed by atoms with Gasteiger partial charge in [-0.15, -0.1) is 10.2 Å². The minimum absolute atomic E-state index is 0.110. The highest BCUT2D eigenvalue weighted by Crippen LogP contribution is 2.26. The number of hydrogen-bond donors (Lipinski definition) is 2. The Morgan fingerprint density at radius 1 is 1.11 bits per heavy atom. The summed E-state index contributed by atoms with van der Waals surface area (Å²) in [6, 6.07) is 12.7. The molecule has 1 fully saturated rings. The molecule has 1 aromatic heterocycles. The van der Waals surface area contributed by atoms with E-state index in [1.165, 1.54) is 40.3 Å². The molecule has 0 saturated carbocycles. The number of methoxy groups -OCH3 is 1. The molecule has 190 valence electrons. The number of ether oxygens (including phenoxy) is 2. The van der Waals surface area contributed by atoms with Crippen molar-refractivity contribution in [2.24, 2.45) is 0 Å². The van der Waals surface area contributed by atoms with E-state index in [-0.39, 0.29) is 27.3 Å². The standard InChI is InChI=1S/C22H23N5O6S3/c1-32-17-4-2-3-16(13-17)23-19(28)14-34-22-26-25-21(35-22)24-20(29)15-5-7-18(8-6-15)36(30,31)27-9-11-33-12-10-27/h2-8,13H,9-12,14H2,1H3,(H,23,28)(H,24,25,29). The van der Waals surface area contributed by atoms with Gasteiger partial charge in [-0.3, -0.25) is 14.9 Å². The summed E-state index contributed by atoms with van der Waals surface area (Å²) in [7, 11) is -2.09. The molecule has 11 nitrogen and oxygen atoms in total. The average Bonchev–Trinajstić information content (AvgIpc) is 3.35. The molecule has 4 rings (SSSR count). The second-order valence-electron chi connectivity index (χ2n) is 7.44. The van der Waals surface area contributed by atoms with E-state index >= 15 is 0 Å². The quantitative estimate of drug-likeness (QED) is 0.304. The molecule has 0 unspecified atom stereocenters. The highest BCUT2D eigenvalue weighted by molar-refractivity contribution is 8.01. The van der Waals surface area contributed by atoms with Crippen LogP contribution in [0.2, 0.25) is 0 Å². The minimum atomic E-state index is -3.64. The van der Waals surface area contributed by atoms with E-state index in [0.29, 0.717) is 42.1 Å². The minimum Gasteiger partial charge on any atom is -0.497 e. The van der Waals surface area contributed by atoms with Gasteiger partial charge in [0, 0.05) is 30.4 Å². The molecule has 0 spiro atoms. The molecule has 2 N–H and O–H groups in total. The van der Waals surface area contributed by atoms with Crippen LogP contribution in [0.15, 0.2) is 57.8 Å². The zero-order valence-corrected chi connectivity index (χ0v) is 21.6. The Kier molecular flexibility index (Phi) is 8.53. The van der Waals surface area contributed by atoms with Crippen LogP contribution in [0.5, 0.6) is 5.75 Å². The third kappa shape index (κ3) is 6.59. The molecule has 3 aromatic rings. The van der Waals surface area contributed by atoms with Crippen molar-refractivity contribution in [3.8, 4) is 5.75 Å². The van der Waals surface area contributed by atoms with Gasteiger partial charge >= 0.3 is 0 Å². The first-order chi connectivity index (χ1) is 17.3. The van der Waals surface area contributed by atoms with Crippen LogP contribution in [0, 0.1) is 0 Å². The number of morpholine rings is 1. The fourth-order valence-corrected chi connectivity index (χ4v) is 6.18. The van der Waals surface area contributed by atoms with Crippen molar-refractivity contribution < 1.29 is 27.5 Å². The molecule has 0 atom stereocenters. The Hall–Kier alpha value is -3.04. The number of amides is 2. The van der Waals surface area contributed by atoms with E-state index in [4.69, 9.17) is 9.47 Å². The number of sulfonamides is 1. The number of aromatic nitrogens is 2. The zero-order chi connectivity index (χ0) is 25.5. The van der Waals surface area contributed by atoms with E-state index in [0.717, 1.165) is 11.3 Å². The number of benzene rings is 2. The van der Waals surface area contributed by atoms with Crippen molar-refractivity contribution in [2.75, 3.05) is 49.8 Å². The SMILES string of the molecule is COc1cccc(NC(=O)CSc2nnc(NC(=O)c3ccc(S(=O)(=O)N4CCOCC4)cc3)s2)c1. The van der Waals surface area contributed by atoms with Crippen LogP contribution < -0.4 is 15.4 Å². The fourth-order valence-electron chi connectivity index (χ4n) is 3.23. The van der Waals surface area contributed by atoms with Crippen LogP contribution in [0.4, 0.5) is 10.8 Å². The fraction of sp³-hybridized carbons (Fsp3) is 0.273. The first-order valence-corrected chi connectivity index (χ1v) is 14.0. The van der Waals surface area contributed by atoms with Gasteiger partial charge in [0.1, 0.15) is 5.75 Å². The van der Waals surface area contributed by atoms with Crippen LogP contribution in [0.25, 0.3) is 0 Å². The molecule has 2 aromatic carbocycles. The Balaban J connectivity index is 1.29. The van der Waals surface area contributed by atoms with Crippen LogP contribution in [-0.4, -0.2) is 73.9 Å². The van der Waals surface area contributed by atoms with Crippen molar-refractivity contribution >= 4 is 55.8 Å². The summed E-state index contributed by atoms with van der Waals surface area (Å²) in [6.45, 7) is 1.30. The molecule has 14 heteroatoms. The predicted molar refractivity (Wildman–Crippen MR) is 136 cm³/mol. The van der Waals surface area contributed by atoms with Gasteiger partial charge in [-0.1, -0.05) is 29.2 Å². The molecule has 2 heterocycles. The molecule has 1 aliphatic rings. The van der Waals surface area contributed by atoms with Crippen LogP contribution in [-0.2, 0) is 19.6 Å². The number of nitrogens with zero attached hydrogens (tertiary/aromatic N) is 3. The van der Waals surface area contributed by atoms with Gasteiger partial charge < -0.3 is 14.8 Å². The number of carbonyl (C=O) groups excluding carboxylic acids is 2. The van der Waals surface area contributed by atoms with Crippen molar-refractivity contribution in [2.45, 2.75) is 9.24 Å². The second kappa shape index (κ2) is 11.8. The van der Waals surface area contributed by atoms with E-state index in [1.807, 2.05) is 0 Å². The lowest BCUT2D eigenvalue weighted by Gasteiger charge is -2.26. The van der Waals surface area contributed by atoms with Crippen LogP contribution in [0.3, 0.4) is 0 Å². The molecular formula is C22H23N5O6S3. The molecule has 2 amide bonds. The van der Waals surface area contributed by atoms with Gasteiger partial charge in [0.05, 0.1) is 31.0 Å². The number of nitrogens with one attached hydrogen (secondary N) is 2. The van der Waals surface area contributed by atoms with Gasteiger partial charge in [-0.25, -0.2) is 8.42 Å². The largest absolute Gasteiger partial charge is 0.497 e. The van der Waals surface area contributed by atoms with E-state index in [1.54, 1.807) is 31.4 Å². The second-order valence-corrected chi connectivity index (χ2v) is 11.6. The Bertz CT molecular complexity index is 1320. The van der Waals surface area contributed by atoms with Gasteiger partial charge in [0.2, 0.25) is 21.1 Å². The van der Waals surface area contributed by atoms with Crippen molar-refractivity contribution in [1.29, 1.82) is 0 Å². The summed E-state index contributed by atoms with van der Waals surface area (Å²) in [5.74, 6) is 0.0760. The number of anilines is 2. The summed E-state index contributed by atoms with van der Waals surface area (Å²) >= 11 is 2.32. The summed E-state index contributed by atoms with van der Waals surface area (Å²) in [5.41, 5.74) is 0.895. The number of rotatable bonds is 9. The molecule has 0 radical (unpaired) electrons. The van der Waals surface area contributed by atoms with Crippen molar-refractivity contribution in [1.82, 2.24) is 14.5 Å². The maximum atomic E-state index is 12.7. The summed E-state index contributed by atoms with van der Waals surface area (Å²) in [6.07, 6.45) is 0. The smallest absolute Gasteiger partial charge is 0.257 e. The highest BCUT2D eigenvalue weighted by atomic mass is 32.2. The molecule has 0 aliphatic carbocycles. The van der Waals surface area contributed by atoms with E-state index in [9.17, 15) is 18.0 Å². The monoisotopic (exact) mass is 549 g/mol. The van der Waals surface area contributed by atoms with E-state index in [2.05, 4.69) is 20.8 Å². The number of carbonyl (C=O) groups is 2. The van der Waals surface area contributed by atoms with Gasteiger partial charge in [-0.05, 0) is 36.4 Å². The molecule has 1 saturated heterocycles. The zero-order valence-electron chi connectivity index (χ0n) is 19.2. The third-order valence-electron chi connectivity index (χ3n) is 5.03. The maximum absolute atomic E-state index is 12.7. The molecule has 1 aliphatic heterocycles. The summed E-state index contributed by atoms with van der Waals surface area (Å²) in [5, 5.41) is 13.6. The Labute approximate surface area is 216 Å². The normalized spacial score (nSPS) is 14.2. The lowest BCUT2D eigenvalue weighted by molar-refractivity contribution is -0.113. The first-order valence-electron chi connectivity index (χ1n) is 10.7. The van der Waals surface area contributed by atoms with Crippen LogP contribution >= 0.6 is 23.1 Å². The lowest BCUT2D eigenvalue weighted by atomic mass is 10.2. The molecular weight excluding hydrogens is 526 g/mol. The summed E-state index contributed by atoms with van der Waals surface area (Å²) in [4.78, 5) is 24.9. The number of hydrogen-bond acceptors (Lipinski definition) is 10. The lowest BCUT2D eigenvalue weighted by Crippen LogP contribution is -2.40. The number of thioether (sulfide) groups is 1. The topological polar surface area (TPSA) is 140 Å². The van der Waals surface area contributed by atoms with Crippen LogP contribution in [0.1, 0.15) is 10.4 Å². The average molecular weight is 550 g/mol. The van der Waals surface area contributed by atoms with Gasteiger partial charge in [0.25, 0.3) is 5.91 Å². The highest BCUT2D eigenvalue weighted by Gasteiger charge is 2.26. The maximum Gasteiger partial charge on any atom is 0.257 e. The third-order valence-corrected chi connectivity index (χ3v) is 8.92. The molecule has 36 heavy (non-hydrogen) atoms.